The lowest BCUT2D eigenvalue weighted by Gasteiger charge is -2.19. The number of hydrogen-bond acceptors (Lipinski definition) is 5. The van der Waals surface area contributed by atoms with Crippen molar-refractivity contribution in [2.45, 2.75) is 26.4 Å². The first-order valence-corrected chi connectivity index (χ1v) is 5.52. The number of halogens is 1. The van der Waals surface area contributed by atoms with Gasteiger partial charge in [-0.05, 0) is 26.8 Å². The maximum Gasteiger partial charge on any atom is 0.412 e. The molecule has 0 unspecified atom stereocenters. The monoisotopic (exact) mass is 281 g/mol. The van der Waals surface area contributed by atoms with Crippen molar-refractivity contribution in [1.29, 1.82) is 5.26 Å². The van der Waals surface area contributed by atoms with Gasteiger partial charge in [0.05, 0.1) is 4.92 Å². The minimum absolute atomic E-state index is 0.522. The molecule has 1 aromatic carbocycles. The molecule has 0 aliphatic rings. The Morgan fingerprint density at radius 1 is 1.50 bits per heavy atom. The first-order valence-electron chi connectivity index (χ1n) is 5.52. The van der Waals surface area contributed by atoms with Gasteiger partial charge in [-0.1, -0.05) is 0 Å². The second-order valence-electron chi connectivity index (χ2n) is 4.81. The van der Waals surface area contributed by atoms with Crippen molar-refractivity contribution in [2.24, 2.45) is 0 Å². The molecular weight excluding hydrogens is 269 g/mol. The largest absolute Gasteiger partial charge is 0.444 e. The first kappa shape index (κ1) is 15.4. The number of nitrogens with zero attached hydrogens (tertiary/aromatic N) is 2. The summed E-state index contributed by atoms with van der Waals surface area (Å²) in [6, 6.07) is 3.13. The third kappa shape index (κ3) is 3.65. The Bertz CT molecular complexity index is 602. The molecule has 1 aromatic rings. The first-order chi connectivity index (χ1) is 9.15. The number of ether oxygens (including phenoxy) is 1. The molecular formula is C12H12FN3O4. The summed E-state index contributed by atoms with van der Waals surface area (Å²) >= 11 is 0. The van der Waals surface area contributed by atoms with Crippen LogP contribution >= 0.6 is 0 Å². The second-order valence-corrected chi connectivity index (χ2v) is 4.81. The summed E-state index contributed by atoms with van der Waals surface area (Å²) in [5.41, 5.74) is -2.57. The summed E-state index contributed by atoms with van der Waals surface area (Å²) in [5, 5.41) is 21.7. The van der Waals surface area contributed by atoms with E-state index in [1.807, 2.05) is 5.32 Å². The SMILES string of the molecule is CC(C)(C)OC(=O)Nc1c([N+](=O)[O-])ccc(F)c1C#N. The summed E-state index contributed by atoms with van der Waals surface area (Å²) in [7, 11) is 0. The van der Waals surface area contributed by atoms with Crippen molar-refractivity contribution in [3.8, 4) is 6.07 Å². The number of nitro benzene ring substituents is 1. The van der Waals surface area contributed by atoms with E-state index in [-0.39, 0.29) is 0 Å². The average molecular weight is 281 g/mol. The predicted octanol–water partition coefficient (Wildman–Crippen LogP) is 2.95. The van der Waals surface area contributed by atoms with Gasteiger partial charge < -0.3 is 4.74 Å². The lowest BCUT2D eigenvalue weighted by atomic mass is 10.1. The van der Waals surface area contributed by atoms with Gasteiger partial charge in [-0.3, -0.25) is 15.4 Å². The molecule has 1 rings (SSSR count). The van der Waals surface area contributed by atoms with Crippen LogP contribution in [0.2, 0.25) is 0 Å². The minimum atomic E-state index is -1.01. The van der Waals surface area contributed by atoms with Crippen LogP contribution in [0.25, 0.3) is 0 Å². The summed E-state index contributed by atoms with van der Waals surface area (Å²) in [4.78, 5) is 21.6. The fourth-order valence-corrected chi connectivity index (χ4v) is 1.36. The Morgan fingerprint density at radius 3 is 2.55 bits per heavy atom. The summed E-state index contributed by atoms with van der Waals surface area (Å²) in [5.74, 6) is -0.968. The van der Waals surface area contributed by atoms with Gasteiger partial charge in [0.2, 0.25) is 0 Å². The fourth-order valence-electron chi connectivity index (χ4n) is 1.36. The number of hydrogen-bond donors (Lipinski definition) is 1. The Hall–Kier alpha value is -2.69. The van der Waals surface area contributed by atoms with Gasteiger partial charge in [-0.2, -0.15) is 5.26 Å². The maximum atomic E-state index is 13.4. The summed E-state index contributed by atoms with van der Waals surface area (Å²) in [6.07, 6.45) is -1.01. The number of carbonyl (C=O) groups excluding carboxylic acids is 1. The van der Waals surface area contributed by atoms with Gasteiger partial charge in [0, 0.05) is 6.07 Å². The van der Waals surface area contributed by atoms with Gasteiger partial charge in [-0.15, -0.1) is 0 Å². The van der Waals surface area contributed by atoms with Crippen molar-refractivity contribution in [1.82, 2.24) is 0 Å². The average Bonchev–Trinajstić information content (AvgIpc) is 2.26. The number of amides is 1. The van der Waals surface area contributed by atoms with Gasteiger partial charge in [0.25, 0.3) is 5.69 Å². The molecule has 0 aliphatic carbocycles. The molecule has 0 atom stereocenters. The van der Waals surface area contributed by atoms with Gasteiger partial charge in [-0.25, -0.2) is 9.18 Å². The molecule has 0 spiro atoms. The zero-order valence-electron chi connectivity index (χ0n) is 11.1. The molecule has 0 aliphatic heterocycles. The van der Waals surface area contributed by atoms with E-state index >= 15 is 0 Å². The van der Waals surface area contributed by atoms with Crippen LogP contribution in [0.3, 0.4) is 0 Å². The van der Waals surface area contributed by atoms with Gasteiger partial charge in [0.1, 0.15) is 28.7 Å². The van der Waals surface area contributed by atoms with Crippen LogP contribution in [-0.4, -0.2) is 16.6 Å². The second kappa shape index (κ2) is 5.52. The molecule has 0 aromatic heterocycles. The Morgan fingerprint density at radius 2 is 2.10 bits per heavy atom. The summed E-state index contributed by atoms with van der Waals surface area (Å²) < 4.78 is 18.4. The Labute approximate surface area is 114 Å². The van der Waals surface area contributed by atoms with Crippen molar-refractivity contribution in [3.05, 3.63) is 33.6 Å². The van der Waals surface area contributed by atoms with Crippen LogP contribution in [0.5, 0.6) is 0 Å². The molecule has 20 heavy (non-hydrogen) atoms. The van der Waals surface area contributed by atoms with E-state index < -0.39 is 39.4 Å². The number of rotatable bonds is 2. The predicted molar refractivity (Wildman–Crippen MR) is 67.6 cm³/mol. The Kier molecular flexibility index (Phi) is 4.24. The lowest BCUT2D eigenvalue weighted by Crippen LogP contribution is -2.27. The highest BCUT2D eigenvalue weighted by Crippen LogP contribution is 2.30. The molecule has 0 saturated heterocycles. The van der Waals surface area contributed by atoms with E-state index in [1.165, 1.54) is 6.07 Å². The van der Waals surface area contributed by atoms with Crippen molar-refractivity contribution in [3.63, 3.8) is 0 Å². The Balaban J connectivity index is 3.22. The molecule has 0 bridgehead atoms. The molecule has 0 heterocycles. The zero-order chi connectivity index (χ0) is 15.5. The van der Waals surface area contributed by atoms with Crippen LogP contribution in [0.15, 0.2) is 12.1 Å². The number of nitriles is 1. The highest BCUT2D eigenvalue weighted by molar-refractivity contribution is 5.90. The van der Waals surface area contributed by atoms with Crippen molar-refractivity contribution >= 4 is 17.5 Å². The number of benzene rings is 1. The third-order valence-corrected chi connectivity index (χ3v) is 2.07. The zero-order valence-corrected chi connectivity index (χ0v) is 11.1. The van der Waals surface area contributed by atoms with Gasteiger partial charge in [0.15, 0.2) is 0 Å². The fraction of sp³-hybridized carbons (Fsp3) is 0.333. The third-order valence-electron chi connectivity index (χ3n) is 2.07. The van der Waals surface area contributed by atoms with Crippen molar-refractivity contribution in [2.75, 3.05) is 5.32 Å². The van der Waals surface area contributed by atoms with E-state index in [0.717, 1.165) is 12.1 Å². The number of carbonyl (C=O) groups is 1. The normalized spacial score (nSPS) is 10.6. The van der Waals surface area contributed by atoms with Crippen molar-refractivity contribution < 1.29 is 18.8 Å². The van der Waals surface area contributed by atoms with Gasteiger partial charge >= 0.3 is 6.09 Å². The van der Waals surface area contributed by atoms with Crippen LogP contribution in [0.1, 0.15) is 26.3 Å². The van der Waals surface area contributed by atoms with Crippen LogP contribution in [0, 0.1) is 27.3 Å². The highest BCUT2D eigenvalue weighted by Gasteiger charge is 2.25. The molecule has 106 valence electrons. The lowest BCUT2D eigenvalue weighted by molar-refractivity contribution is -0.384. The summed E-state index contributed by atoms with van der Waals surface area (Å²) in [6.45, 7) is 4.79. The van der Waals surface area contributed by atoms with Crippen LogP contribution in [-0.2, 0) is 4.74 Å². The molecule has 0 saturated carbocycles. The maximum absolute atomic E-state index is 13.4. The molecule has 1 amide bonds. The minimum Gasteiger partial charge on any atom is -0.444 e. The van der Waals surface area contributed by atoms with E-state index in [2.05, 4.69) is 0 Å². The number of nitro groups is 1. The molecule has 0 fully saturated rings. The van der Waals surface area contributed by atoms with E-state index in [0.29, 0.717) is 0 Å². The number of nitrogens with one attached hydrogen (secondary N) is 1. The smallest absolute Gasteiger partial charge is 0.412 e. The standard InChI is InChI=1S/C12H12FN3O4/c1-12(2,3)20-11(17)15-10-7(6-14)8(13)4-5-9(10)16(18)19/h4-5H,1-3H3,(H,15,17). The van der Waals surface area contributed by atoms with E-state index in [9.17, 15) is 19.3 Å². The molecule has 7 nitrogen and oxygen atoms in total. The van der Waals surface area contributed by atoms with Crippen LogP contribution < -0.4 is 5.32 Å². The molecule has 1 N–H and O–H groups in total. The highest BCUT2D eigenvalue weighted by atomic mass is 19.1. The molecule has 8 heteroatoms. The van der Waals surface area contributed by atoms with E-state index in [1.54, 1.807) is 20.8 Å². The van der Waals surface area contributed by atoms with Crippen LogP contribution in [0.4, 0.5) is 20.6 Å². The van der Waals surface area contributed by atoms with E-state index in [4.69, 9.17) is 10.00 Å². The quantitative estimate of drug-likeness (QED) is 0.662. The topological polar surface area (TPSA) is 105 Å². The number of anilines is 1. The molecule has 0 radical (unpaired) electrons.